The SMILES string of the molecule is CC(C)Cn1c(=O)c(C(=O)NC2CC2)c(O)n2nc(-c3cncc(N)c3)cc12. The van der Waals surface area contributed by atoms with Gasteiger partial charge in [-0.2, -0.15) is 9.61 Å². The molecule has 9 heteroatoms. The summed E-state index contributed by atoms with van der Waals surface area (Å²) in [5.41, 5.74) is 6.99. The van der Waals surface area contributed by atoms with E-state index in [9.17, 15) is 14.7 Å². The lowest BCUT2D eigenvalue weighted by atomic mass is 10.2. The summed E-state index contributed by atoms with van der Waals surface area (Å²) in [5.74, 6) is -0.897. The number of hydrogen-bond acceptors (Lipinski definition) is 6. The van der Waals surface area contributed by atoms with E-state index in [1.54, 1.807) is 18.3 Å². The van der Waals surface area contributed by atoms with Crippen molar-refractivity contribution in [1.82, 2.24) is 24.5 Å². The summed E-state index contributed by atoms with van der Waals surface area (Å²) in [6.45, 7) is 4.32. The molecule has 146 valence electrons. The molecule has 3 heterocycles. The van der Waals surface area contributed by atoms with Crippen LogP contribution < -0.4 is 16.6 Å². The number of nitrogens with two attached hydrogens (primary N) is 1. The molecule has 3 aromatic rings. The zero-order valence-electron chi connectivity index (χ0n) is 15.7. The average Bonchev–Trinajstić information content (AvgIpc) is 3.32. The third-order valence-corrected chi connectivity index (χ3v) is 4.59. The first kappa shape index (κ1) is 18.0. The molecule has 4 rings (SSSR count). The molecule has 1 fully saturated rings. The molecular weight excluding hydrogens is 360 g/mol. The molecule has 4 N–H and O–H groups in total. The first-order chi connectivity index (χ1) is 13.3. The Labute approximate surface area is 160 Å². The summed E-state index contributed by atoms with van der Waals surface area (Å²) >= 11 is 0. The number of amides is 1. The number of rotatable bonds is 5. The van der Waals surface area contributed by atoms with Gasteiger partial charge in [0.2, 0.25) is 5.88 Å². The van der Waals surface area contributed by atoms with Crippen molar-refractivity contribution in [3.05, 3.63) is 40.4 Å². The Bertz CT molecular complexity index is 1130. The molecule has 0 radical (unpaired) electrons. The maximum Gasteiger partial charge on any atom is 0.270 e. The van der Waals surface area contributed by atoms with Crippen LogP contribution in [-0.2, 0) is 6.54 Å². The van der Waals surface area contributed by atoms with Gasteiger partial charge in [0, 0.05) is 36.6 Å². The maximum atomic E-state index is 13.1. The molecule has 3 aromatic heterocycles. The highest BCUT2D eigenvalue weighted by atomic mass is 16.3. The van der Waals surface area contributed by atoms with Crippen molar-refractivity contribution in [1.29, 1.82) is 0 Å². The van der Waals surface area contributed by atoms with Crippen LogP contribution in [0.1, 0.15) is 37.0 Å². The second kappa shape index (κ2) is 6.66. The van der Waals surface area contributed by atoms with Crippen molar-refractivity contribution in [2.75, 3.05) is 5.73 Å². The predicted molar refractivity (Wildman–Crippen MR) is 104 cm³/mol. The van der Waals surface area contributed by atoms with E-state index < -0.39 is 17.3 Å². The van der Waals surface area contributed by atoms with Crippen LogP contribution in [0.3, 0.4) is 0 Å². The van der Waals surface area contributed by atoms with Gasteiger partial charge in [0.05, 0.1) is 11.4 Å². The molecule has 0 atom stereocenters. The van der Waals surface area contributed by atoms with E-state index in [0.717, 1.165) is 12.8 Å². The molecule has 1 aliphatic rings. The van der Waals surface area contributed by atoms with Crippen molar-refractivity contribution in [2.45, 2.75) is 39.3 Å². The molecule has 0 saturated heterocycles. The van der Waals surface area contributed by atoms with E-state index in [4.69, 9.17) is 5.73 Å². The molecule has 0 bridgehead atoms. The first-order valence-corrected chi connectivity index (χ1v) is 9.22. The zero-order chi connectivity index (χ0) is 20.0. The summed E-state index contributed by atoms with van der Waals surface area (Å²) < 4.78 is 2.70. The quantitative estimate of drug-likeness (QED) is 0.612. The van der Waals surface area contributed by atoms with Crippen molar-refractivity contribution < 1.29 is 9.90 Å². The third-order valence-electron chi connectivity index (χ3n) is 4.59. The number of pyridine rings is 1. The van der Waals surface area contributed by atoms with Gasteiger partial charge in [-0.3, -0.25) is 19.1 Å². The number of aromatic nitrogens is 4. The maximum absolute atomic E-state index is 13.1. The molecule has 28 heavy (non-hydrogen) atoms. The van der Waals surface area contributed by atoms with Gasteiger partial charge in [0.15, 0.2) is 5.56 Å². The Kier molecular flexibility index (Phi) is 4.29. The number of fused-ring (bicyclic) bond motifs is 1. The topological polar surface area (TPSA) is 128 Å². The van der Waals surface area contributed by atoms with Crippen molar-refractivity contribution in [3.8, 4) is 17.1 Å². The predicted octanol–water partition coefficient (Wildman–Crippen LogP) is 1.39. The fraction of sp³-hybridized carbons (Fsp3) is 0.368. The molecule has 0 aliphatic heterocycles. The second-order valence-electron chi connectivity index (χ2n) is 7.56. The smallest absolute Gasteiger partial charge is 0.270 e. The Morgan fingerprint density at radius 2 is 2.11 bits per heavy atom. The minimum absolute atomic E-state index is 0.0621. The van der Waals surface area contributed by atoms with Gasteiger partial charge < -0.3 is 16.2 Å². The highest BCUT2D eigenvalue weighted by molar-refractivity contribution is 5.96. The van der Waals surface area contributed by atoms with Crippen LogP contribution in [0.2, 0.25) is 0 Å². The summed E-state index contributed by atoms with van der Waals surface area (Å²) in [6.07, 6.45) is 4.87. The number of anilines is 1. The normalized spacial score (nSPS) is 14.0. The number of carbonyl (C=O) groups is 1. The number of nitrogen functional groups attached to an aromatic ring is 1. The Morgan fingerprint density at radius 3 is 2.75 bits per heavy atom. The highest BCUT2D eigenvalue weighted by Gasteiger charge is 2.29. The van der Waals surface area contributed by atoms with E-state index in [-0.39, 0.29) is 17.5 Å². The van der Waals surface area contributed by atoms with Gasteiger partial charge in [-0.25, -0.2) is 0 Å². The number of nitrogens with zero attached hydrogens (tertiary/aromatic N) is 4. The first-order valence-electron chi connectivity index (χ1n) is 9.22. The van der Waals surface area contributed by atoms with Crippen LogP contribution in [0.25, 0.3) is 16.9 Å². The second-order valence-corrected chi connectivity index (χ2v) is 7.56. The fourth-order valence-corrected chi connectivity index (χ4v) is 3.12. The molecule has 1 amide bonds. The molecule has 0 unspecified atom stereocenters. The van der Waals surface area contributed by atoms with Crippen molar-refractivity contribution >= 4 is 17.2 Å². The van der Waals surface area contributed by atoms with Gasteiger partial charge in [-0.1, -0.05) is 13.8 Å². The number of carbonyl (C=O) groups excluding carboxylic acids is 1. The average molecular weight is 382 g/mol. The molecule has 1 aliphatic carbocycles. The van der Waals surface area contributed by atoms with Crippen LogP contribution >= 0.6 is 0 Å². The van der Waals surface area contributed by atoms with Crippen molar-refractivity contribution in [2.24, 2.45) is 5.92 Å². The zero-order valence-corrected chi connectivity index (χ0v) is 15.7. The Hall–Kier alpha value is -3.36. The molecule has 0 spiro atoms. The minimum Gasteiger partial charge on any atom is -0.492 e. The van der Waals surface area contributed by atoms with Gasteiger partial charge in [0.25, 0.3) is 11.5 Å². The molecule has 0 aromatic carbocycles. The van der Waals surface area contributed by atoms with E-state index in [1.807, 2.05) is 13.8 Å². The van der Waals surface area contributed by atoms with Gasteiger partial charge in [-0.05, 0) is 24.8 Å². The molecule has 1 saturated carbocycles. The van der Waals surface area contributed by atoms with Crippen LogP contribution in [-0.4, -0.2) is 36.2 Å². The highest BCUT2D eigenvalue weighted by Crippen LogP contribution is 2.25. The third kappa shape index (κ3) is 3.19. The van der Waals surface area contributed by atoms with E-state index in [0.29, 0.717) is 29.1 Å². The van der Waals surface area contributed by atoms with Crippen LogP contribution in [0, 0.1) is 5.92 Å². The number of aromatic hydroxyl groups is 1. The van der Waals surface area contributed by atoms with Gasteiger partial charge in [-0.15, -0.1) is 0 Å². The summed E-state index contributed by atoms with van der Waals surface area (Å²) in [5, 5.41) is 17.9. The summed E-state index contributed by atoms with van der Waals surface area (Å²) in [7, 11) is 0. The molecule has 9 nitrogen and oxygen atoms in total. The van der Waals surface area contributed by atoms with E-state index >= 15 is 0 Å². The van der Waals surface area contributed by atoms with Gasteiger partial charge >= 0.3 is 0 Å². The monoisotopic (exact) mass is 382 g/mol. The van der Waals surface area contributed by atoms with Crippen molar-refractivity contribution in [3.63, 3.8) is 0 Å². The summed E-state index contributed by atoms with van der Waals surface area (Å²) in [6, 6.07) is 3.45. The largest absolute Gasteiger partial charge is 0.492 e. The number of hydrogen-bond donors (Lipinski definition) is 3. The lowest BCUT2D eigenvalue weighted by molar-refractivity contribution is 0.0944. The summed E-state index contributed by atoms with van der Waals surface area (Å²) in [4.78, 5) is 29.7. The van der Waals surface area contributed by atoms with Crippen LogP contribution in [0.15, 0.2) is 29.3 Å². The van der Waals surface area contributed by atoms with Crippen LogP contribution in [0.5, 0.6) is 5.88 Å². The Balaban J connectivity index is 1.93. The van der Waals surface area contributed by atoms with Crippen LogP contribution in [0.4, 0.5) is 5.69 Å². The standard InChI is InChI=1S/C19H22N6O3/c1-10(2)9-24-15-6-14(11-5-12(20)8-21-7-11)23-25(15)19(28)16(18(24)27)17(26)22-13-3-4-13/h5-8,10,13,28H,3-4,9,20H2,1-2H3,(H,22,26). The Morgan fingerprint density at radius 1 is 1.36 bits per heavy atom. The lowest BCUT2D eigenvalue weighted by Gasteiger charge is -2.14. The minimum atomic E-state index is -0.577. The number of nitrogens with one attached hydrogen (secondary N) is 1. The fourth-order valence-electron chi connectivity index (χ4n) is 3.12. The van der Waals surface area contributed by atoms with Gasteiger partial charge in [0.1, 0.15) is 5.65 Å². The van der Waals surface area contributed by atoms with E-state index in [1.165, 1.54) is 15.3 Å². The molecular formula is C19H22N6O3. The lowest BCUT2D eigenvalue weighted by Crippen LogP contribution is -2.36. The van der Waals surface area contributed by atoms with E-state index in [2.05, 4.69) is 15.4 Å².